The lowest BCUT2D eigenvalue weighted by Gasteiger charge is -2.09. The van der Waals surface area contributed by atoms with Gasteiger partial charge in [0.1, 0.15) is 0 Å². The third kappa shape index (κ3) is 6.07. The number of rotatable bonds is 9. The fourth-order valence-electron chi connectivity index (χ4n) is 1.18. The molecule has 1 rings (SSSR count). The van der Waals surface area contributed by atoms with E-state index in [2.05, 4.69) is 27.2 Å². The number of thioether (sulfide) groups is 1. The van der Waals surface area contributed by atoms with E-state index >= 15 is 0 Å². The van der Waals surface area contributed by atoms with Crippen LogP contribution in [0.5, 0.6) is 6.01 Å². The van der Waals surface area contributed by atoms with Crippen molar-refractivity contribution in [2.24, 2.45) is 5.92 Å². The lowest BCUT2D eigenvalue weighted by Crippen LogP contribution is -2.09. The lowest BCUT2D eigenvalue weighted by molar-refractivity contribution is 0.250. The predicted molar refractivity (Wildman–Crippen MR) is 76.8 cm³/mol. The zero-order valence-corrected chi connectivity index (χ0v) is 12.5. The van der Waals surface area contributed by atoms with Crippen molar-refractivity contribution in [1.82, 2.24) is 15.0 Å². The van der Waals surface area contributed by atoms with Crippen molar-refractivity contribution >= 4 is 17.7 Å². The molecule has 0 fully saturated rings. The van der Waals surface area contributed by atoms with Crippen molar-refractivity contribution < 1.29 is 9.84 Å². The topological polar surface area (TPSA) is 80.2 Å². The van der Waals surface area contributed by atoms with E-state index in [4.69, 9.17) is 9.84 Å². The van der Waals surface area contributed by atoms with E-state index in [1.807, 2.05) is 13.8 Å². The van der Waals surface area contributed by atoms with E-state index in [0.29, 0.717) is 23.7 Å². The fourth-order valence-corrected chi connectivity index (χ4v) is 2.01. The molecule has 0 bridgehead atoms. The van der Waals surface area contributed by atoms with Gasteiger partial charge in [-0.3, -0.25) is 0 Å². The van der Waals surface area contributed by atoms with Gasteiger partial charge in [0, 0.05) is 18.9 Å². The largest absolute Gasteiger partial charge is 0.464 e. The molecular formula is C12H22N4O2S. The maximum Gasteiger partial charge on any atom is 0.322 e. The Morgan fingerprint density at radius 3 is 2.74 bits per heavy atom. The van der Waals surface area contributed by atoms with Crippen LogP contribution in [0.1, 0.15) is 27.2 Å². The molecule has 0 saturated carbocycles. The lowest BCUT2D eigenvalue weighted by atomic mass is 10.2. The summed E-state index contributed by atoms with van der Waals surface area (Å²) in [6.07, 6.45) is 1.000. The monoisotopic (exact) mass is 286 g/mol. The third-order valence-electron chi connectivity index (χ3n) is 2.21. The van der Waals surface area contributed by atoms with E-state index < -0.39 is 0 Å². The Kier molecular flexibility index (Phi) is 7.50. The smallest absolute Gasteiger partial charge is 0.322 e. The Morgan fingerprint density at radius 1 is 1.32 bits per heavy atom. The number of aliphatic hydroxyl groups is 1. The zero-order valence-electron chi connectivity index (χ0n) is 11.7. The van der Waals surface area contributed by atoms with Crippen LogP contribution in [0.25, 0.3) is 0 Å². The van der Waals surface area contributed by atoms with Crippen molar-refractivity contribution in [3.8, 4) is 6.01 Å². The quantitative estimate of drug-likeness (QED) is 0.670. The van der Waals surface area contributed by atoms with E-state index in [-0.39, 0.29) is 12.5 Å². The Hall–Kier alpha value is -1.08. The van der Waals surface area contributed by atoms with E-state index in [1.54, 1.807) is 0 Å². The molecule has 0 spiro atoms. The van der Waals surface area contributed by atoms with Crippen LogP contribution in [-0.4, -0.2) is 45.6 Å². The summed E-state index contributed by atoms with van der Waals surface area (Å²) in [7, 11) is 0. The Balaban J connectivity index is 2.73. The van der Waals surface area contributed by atoms with E-state index in [9.17, 15) is 0 Å². The van der Waals surface area contributed by atoms with Gasteiger partial charge >= 0.3 is 6.01 Å². The number of nitrogens with zero attached hydrogens (tertiary/aromatic N) is 3. The molecule has 19 heavy (non-hydrogen) atoms. The molecule has 0 radical (unpaired) electrons. The number of anilines is 1. The molecule has 0 saturated heterocycles. The van der Waals surface area contributed by atoms with Crippen LogP contribution in [0.2, 0.25) is 0 Å². The summed E-state index contributed by atoms with van der Waals surface area (Å²) >= 11 is 1.50. The minimum Gasteiger partial charge on any atom is -0.464 e. The highest BCUT2D eigenvalue weighted by Gasteiger charge is 2.09. The number of aliphatic hydroxyl groups excluding tert-OH is 1. The molecular weight excluding hydrogens is 264 g/mol. The van der Waals surface area contributed by atoms with Crippen LogP contribution in [-0.2, 0) is 0 Å². The number of ether oxygens (including phenoxy) is 1. The average molecular weight is 286 g/mol. The number of nitrogens with one attached hydrogen (secondary N) is 1. The molecule has 0 aliphatic carbocycles. The maximum atomic E-state index is 9.02. The van der Waals surface area contributed by atoms with Crippen molar-refractivity contribution in [3.05, 3.63) is 0 Å². The van der Waals surface area contributed by atoms with Gasteiger partial charge in [-0.25, -0.2) is 0 Å². The highest BCUT2D eigenvalue weighted by atomic mass is 32.2. The summed E-state index contributed by atoms with van der Waals surface area (Å²) < 4.78 is 5.34. The Bertz CT molecular complexity index is 379. The summed E-state index contributed by atoms with van der Waals surface area (Å²) in [5.74, 6) is 1.52. The molecule has 1 heterocycles. The van der Waals surface area contributed by atoms with Gasteiger partial charge in [0.2, 0.25) is 5.95 Å². The van der Waals surface area contributed by atoms with E-state index in [1.165, 1.54) is 11.8 Å². The van der Waals surface area contributed by atoms with Crippen molar-refractivity contribution in [2.45, 2.75) is 32.3 Å². The van der Waals surface area contributed by atoms with E-state index in [0.717, 1.165) is 18.7 Å². The first kappa shape index (κ1) is 16.0. The minimum absolute atomic E-state index is 0.164. The second-order valence-electron chi connectivity index (χ2n) is 4.18. The van der Waals surface area contributed by atoms with Gasteiger partial charge in [0.25, 0.3) is 0 Å². The molecule has 7 heteroatoms. The van der Waals surface area contributed by atoms with Crippen LogP contribution in [0, 0.1) is 5.92 Å². The van der Waals surface area contributed by atoms with Gasteiger partial charge in [0.15, 0.2) is 5.16 Å². The second-order valence-corrected chi connectivity index (χ2v) is 5.17. The molecule has 6 nitrogen and oxygen atoms in total. The van der Waals surface area contributed by atoms with Crippen LogP contribution in [0.4, 0.5) is 5.95 Å². The first-order chi connectivity index (χ1) is 9.19. The first-order valence-corrected chi connectivity index (χ1v) is 7.54. The molecule has 2 N–H and O–H groups in total. The minimum atomic E-state index is 0.164. The number of aromatic nitrogens is 3. The van der Waals surface area contributed by atoms with Crippen LogP contribution < -0.4 is 10.1 Å². The Morgan fingerprint density at radius 2 is 2.11 bits per heavy atom. The van der Waals surface area contributed by atoms with Crippen LogP contribution in [0.15, 0.2) is 5.16 Å². The molecule has 0 aliphatic heterocycles. The SMILES string of the molecule is CCCNc1nc(OCC)nc(SCC(C)CO)n1. The standard InChI is InChI=1S/C12H22N4O2S/c1-4-6-13-10-14-11(18-5-2)16-12(15-10)19-8-9(3)7-17/h9,17H,4-8H2,1-3H3,(H,13,14,15,16). The third-order valence-corrected chi connectivity index (χ3v) is 3.39. The van der Waals surface area contributed by atoms with Gasteiger partial charge in [-0.2, -0.15) is 15.0 Å². The summed E-state index contributed by atoms with van der Waals surface area (Å²) in [5, 5.41) is 12.8. The van der Waals surface area contributed by atoms with Crippen molar-refractivity contribution in [2.75, 3.05) is 30.8 Å². The summed E-state index contributed by atoms with van der Waals surface area (Å²) in [6, 6.07) is 0.343. The van der Waals surface area contributed by atoms with Crippen LogP contribution >= 0.6 is 11.8 Å². The zero-order chi connectivity index (χ0) is 14.1. The summed E-state index contributed by atoms with van der Waals surface area (Å²) in [5.41, 5.74) is 0. The first-order valence-electron chi connectivity index (χ1n) is 6.56. The maximum absolute atomic E-state index is 9.02. The number of hydrogen-bond acceptors (Lipinski definition) is 7. The molecule has 1 aromatic rings. The fraction of sp³-hybridized carbons (Fsp3) is 0.750. The molecule has 1 aromatic heterocycles. The van der Waals surface area contributed by atoms with Crippen molar-refractivity contribution in [3.63, 3.8) is 0 Å². The predicted octanol–water partition coefficient (Wildman–Crippen LogP) is 1.81. The van der Waals surface area contributed by atoms with Crippen LogP contribution in [0.3, 0.4) is 0 Å². The molecule has 1 atom stereocenters. The molecule has 0 amide bonds. The average Bonchev–Trinajstić information content (AvgIpc) is 2.42. The normalized spacial score (nSPS) is 12.2. The molecule has 1 unspecified atom stereocenters. The molecule has 108 valence electrons. The summed E-state index contributed by atoms with van der Waals surface area (Å²) in [4.78, 5) is 12.8. The molecule has 0 aliphatic rings. The van der Waals surface area contributed by atoms with Crippen molar-refractivity contribution in [1.29, 1.82) is 0 Å². The van der Waals surface area contributed by atoms with Gasteiger partial charge < -0.3 is 15.2 Å². The van der Waals surface area contributed by atoms with Gasteiger partial charge in [0.05, 0.1) is 6.61 Å². The van der Waals surface area contributed by atoms with Gasteiger partial charge in [-0.05, 0) is 19.3 Å². The number of hydrogen-bond donors (Lipinski definition) is 2. The second kappa shape index (κ2) is 8.92. The van der Waals surface area contributed by atoms with Gasteiger partial charge in [-0.15, -0.1) is 0 Å². The molecule has 0 aromatic carbocycles. The highest BCUT2D eigenvalue weighted by Crippen LogP contribution is 2.20. The summed E-state index contributed by atoms with van der Waals surface area (Å²) in [6.45, 7) is 7.45. The highest BCUT2D eigenvalue weighted by molar-refractivity contribution is 7.99. The Labute approximate surface area is 118 Å². The van der Waals surface area contributed by atoms with Gasteiger partial charge in [-0.1, -0.05) is 25.6 Å².